The van der Waals surface area contributed by atoms with Crippen molar-refractivity contribution in [1.29, 1.82) is 0 Å². The molecule has 2 aromatic carbocycles. The van der Waals surface area contributed by atoms with Gasteiger partial charge in [-0.3, -0.25) is 9.97 Å². The molecule has 242 valence electrons. The van der Waals surface area contributed by atoms with Crippen LogP contribution >= 0.6 is 0 Å². The van der Waals surface area contributed by atoms with Crippen molar-refractivity contribution in [1.82, 2.24) is 9.97 Å². The number of anilines is 2. The Balaban J connectivity index is 1.41. The van der Waals surface area contributed by atoms with Crippen molar-refractivity contribution in [2.45, 2.75) is 79.1 Å². The second-order valence-electron chi connectivity index (χ2n) is 12.2. The molecule has 0 saturated heterocycles. The van der Waals surface area contributed by atoms with E-state index in [0.29, 0.717) is 0 Å². The lowest BCUT2D eigenvalue weighted by Gasteiger charge is -2.24. The third kappa shape index (κ3) is 11.0. The minimum Gasteiger partial charge on any atom is -0.372 e. The molecule has 4 heteroatoms. The first kappa shape index (κ1) is 34.7. The van der Waals surface area contributed by atoms with Crippen LogP contribution in [0.3, 0.4) is 0 Å². The number of rotatable bonds is 19. The molecule has 0 saturated carbocycles. The summed E-state index contributed by atoms with van der Waals surface area (Å²) in [7, 11) is 0. The molecule has 2 heterocycles. The van der Waals surface area contributed by atoms with Crippen molar-refractivity contribution in [3.63, 3.8) is 0 Å². The Kier molecular flexibility index (Phi) is 14.6. The van der Waals surface area contributed by atoms with Crippen LogP contribution in [0.5, 0.6) is 0 Å². The molecule has 4 rings (SSSR count). The van der Waals surface area contributed by atoms with Crippen LogP contribution in [0.4, 0.5) is 11.4 Å². The average Bonchev–Trinajstić information content (AvgIpc) is 3.11. The summed E-state index contributed by atoms with van der Waals surface area (Å²) in [6.45, 7) is 13.5. The molecule has 0 aliphatic carbocycles. The van der Waals surface area contributed by atoms with Crippen molar-refractivity contribution in [2.75, 3.05) is 36.0 Å². The maximum absolute atomic E-state index is 4.64. The van der Waals surface area contributed by atoms with Crippen LogP contribution in [0.1, 0.15) is 101 Å². The van der Waals surface area contributed by atoms with Gasteiger partial charge < -0.3 is 9.80 Å². The number of pyridine rings is 2. The lowest BCUT2D eigenvalue weighted by atomic mass is 10.1. The summed E-state index contributed by atoms with van der Waals surface area (Å²) in [5.74, 6) is 0. The Morgan fingerprint density at radius 3 is 1.09 bits per heavy atom. The third-order valence-corrected chi connectivity index (χ3v) is 8.41. The van der Waals surface area contributed by atoms with E-state index in [1.807, 2.05) is 24.5 Å². The van der Waals surface area contributed by atoms with E-state index >= 15 is 0 Å². The summed E-state index contributed by atoms with van der Waals surface area (Å²) in [6, 6.07) is 26.2. The van der Waals surface area contributed by atoms with Gasteiger partial charge in [-0.05, 0) is 96.5 Å². The summed E-state index contributed by atoms with van der Waals surface area (Å²) in [6.07, 6.45) is 22.2. The van der Waals surface area contributed by atoms with Gasteiger partial charge in [-0.2, -0.15) is 0 Å². The molecule has 0 radical (unpaired) electrons. The summed E-state index contributed by atoms with van der Waals surface area (Å²) < 4.78 is 0. The van der Waals surface area contributed by atoms with Crippen molar-refractivity contribution < 1.29 is 0 Å². The average molecular weight is 615 g/mol. The fourth-order valence-electron chi connectivity index (χ4n) is 5.49. The fraction of sp³-hybridized carbons (Fsp3) is 0.381. The standard InChI is InChI=1S/C42H54N4/c1-5-9-29-45(30-10-6-2)39-21-17-35(18-22-39)13-15-37-25-27-43-41(33-37)42-34-38(26-28-44-42)16-14-36-19-23-40(24-20-36)46(31-11-7-3)32-12-8-4/h13-28,33-34H,5-12,29-32H2,1-4H3. The van der Waals surface area contributed by atoms with E-state index in [1.54, 1.807) is 0 Å². The van der Waals surface area contributed by atoms with Crippen molar-refractivity contribution >= 4 is 35.7 Å². The zero-order valence-electron chi connectivity index (χ0n) is 28.7. The predicted molar refractivity (Wildman–Crippen MR) is 202 cm³/mol. The number of hydrogen-bond acceptors (Lipinski definition) is 4. The number of unbranched alkanes of at least 4 members (excludes halogenated alkanes) is 4. The van der Waals surface area contributed by atoms with Crippen LogP contribution in [-0.4, -0.2) is 36.1 Å². The quantitative estimate of drug-likeness (QED) is 0.105. The van der Waals surface area contributed by atoms with Gasteiger partial charge in [0.05, 0.1) is 11.4 Å². The zero-order chi connectivity index (χ0) is 32.4. The second kappa shape index (κ2) is 19.4. The maximum Gasteiger partial charge on any atom is 0.0892 e. The summed E-state index contributed by atoms with van der Waals surface area (Å²) in [4.78, 5) is 14.3. The Hall–Kier alpha value is -4.18. The molecule has 46 heavy (non-hydrogen) atoms. The SMILES string of the molecule is CCCCN(CCCC)c1ccc(C=Cc2ccnc(-c3cc(C=Cc4ccc(N(CCCC)CCCC)cc4)ccn3)c2)cc1. The molecule has 0 fully saturated rings. The molecule has 0 bridgehead atoms. The van der Waals surface area contributed by atoms with E-state index in [9.17, 15) is 0 Å². The Labute approximate surface area is 278 Å². The molecular formula is C42H54N4. The third-order valence-electron chi connectivity index (χ3n) is 8.41. The largest absolute Gasteiger partial charge is 0.372 e. The van der Waals surface area contributed by atoms with Gasteiger partial charge in [0.15, 0.2) is 0 Å². The van der Waals surface area contributed by atoms with Crippen molar-refractivity contribution in [3.05, 3.63) is 107 Å². The zero-order valence-corrected chi connectivity index (χ0v) is 28.7. The van der Waals surface area contributed by atoms with Crippen molar-refractivity contribution in [2.24, 2.45) is 0 Å². The number of nitrogens with zero attached hydrogens (tertiary/aromatic N) is 4. The van der Waals surface area contributed by atoms with E-state index in [4.69, 9.17) is 0 Å². The molecule has 2 aromatic heterocycles. The number of aromatic nitrogens is 2. The van der Waals surface area contributed by atoms with Gasteiger partial charge in [-0.1, -0.05) is 102 Å². The summed E-state index contributed by atoms with van der Waals surface area (Å²) >= 11 is 0. The summed E-state index contributed by atoms with van der Waals surface area (Å²) in [5, 5.41) is 0. The Morgan fingerprint density at radius 2 is 0.761 bits per heavy atom. The van der Waals surface area contributed by atoms with Crippen LogP contribution in [0, 0.1) is 0 Å². The highest BCUT2D eigenvalue weighted by atomic mass is 15.1. The van der Waals surface area contributed by atoms with Crippen LogP contribution in [-0.2, 0) is 0 Å². The molecule has 0 amide bonds. The van der Waals surface area contributed by atoms with Crippen LogP contribution in [0.2, 0.25) is 0 Å². The smallest absolute Gasteiger partial charge is 0.0892 e. The second-order valence-corrected chi connectivity index (χ2v) is 12.2. The fourth-order valence-corrected chi connectivity index (χ4v) is 5.49. The molecule has 0 atom stereocenters. The van der Waals surface area contributed by atoms with E-state index in [2.05, 4.69) is 132 Å². The van der Waals surface area contributed by atoms with Gasteiger partial charge in [0.2, 0.25) is 0 Å². The highest BCUT2D eigenvalue weighted by molar-refractivity contribution is 5.74. The van der Waals surface area contributed by atoms with Crippen LogP contribution < -0.4 is 9.80 Å². The highest BCUT2D eigenvalue weighted by Crippen LogP contribution is 2.22. The van der Waals surface area contributed by atoms with Gasteiger partial charge in [-0.15, -0.1) is 0 Å². The molecule has 0 N–H and O–H groups in total. The van der Waals surface area contributed by atoms with Crippen LogP contribution in [0.25, 0.3) is 35.7 Å². The number of benzene rings is 2. The normalized spacial score (nSPS) is 11.5. The predicted octanol–water partition coefficient (Wildman–Crippen LogP) is 11.3. The molecule has 0 aliphatic rings. The van der Waals surface area contributed by atoms with E-state index in [1.165, 1.54) is 73.9 Å². The van der Waals surface area contributed by atoms with Gasteiger partial charge in [-0.25, -0.2) is 0 Å². The molecule has 4 aromatic rings. The first-order valence-corrected chi connectivity index (χ1v) is 17.6. The van der Waals surface area contributed by atoms with Crippen molar-refractivity contribution in [3.8, 4) is 11.4 Å². The van der Waals surface area contributed by atoms with E-state index in [0.717, 1.165) is 48.7 Å². The minimum atomic E-state index is 0.874. The first-order chi connectivity index (χ1) is 22.6. The minimum absolute atomic E-state index is 0.874. The van der Waals surface area contributed by atoms with Gasteiger partial charge in [0.1, 0.15) is 0 Å². The van der Waals surface area contributed by atoms with E-state index in [-0.39, 0.29) is 0 Å². The van der Waals surface area contributed by atoms with Crippen LogP contribution in [0.15, 0.2) is 85.2 Å². The highest BCUT2D eigenvalue weighted by Gasteiger charge is 2.07. The first-order valence-electron chi connectivity index (χ1n) is 17.6. The maximum atomic E-state index is 4.64. The lowest BCUT2D eigenvalue weighted by Crippen LogP contribution is -2.25. The van der Waals surface area contributed by atoms with Gasteiger partial charge in [0.25, 0.3) is 0 Å². The lowest BCUT2D eigenvalue weighted by molar-refractivity contribution is 0.678. The van der Waals surface area contributed by atoms with Gasteiger partial charge >= 0.3 is 0 Å². The molecule has 4 nitrogen and oxygen atoms in total. The van der Waals surface area contributed by atoms with E-state index < -0.39 is 0 Å². The Bertz CT molecular complexity index is 1360. The topological polar surface area (TPSA) is 32.3 Å². The molecule has 0 unspecified atom stereocenters. The number of hydrogen-bond donors (Lipinski definition) is 0. The Morgan fingerprint density at radius 1 is 0.435 bits per heavy atom. The monoisotopic (exact) mass is 614 g/mol. The molecule has 0 spiro atoms. The van der Waals surface area contributed by atoms with Gasteiger partial charge in [0, 0.05) is 49.9 Å². The molecule has 0 aliphatic heterocycles. The molecular weight excluding hydrogens is 560 g/mol. The summed E-state index contributed by atoms with van der Waals surface area (Å²) in [5.41, 5.74) is 8.99.